The zero-order valence-electron chi connectivity index (χ0n) is 15.5. The smallest absolute Gasteiger partial charge is 0.305 e. The van der Waals surface area contributed by atoms with Gasteiger partial charge in [-0.05, 0) is 36.6 Å². The minimum atomic E-state index is -1.03. The highest BCUT2D eigenvalue weighted by atomic mass is 32.2. The number of hydrogen-bond acceptors (Lipinski definition) is 7. The number of thioether (sulfide) groups is 1. The van der Waals surface area contributed by atoms with Gasteiger partial charge in [0, 0.05) is 0 Å². The molecule has 2 N–H and O–H groups in total. The summed E-state index contributed by atoms with van der Waals surface area (Å²) in [6.07, 6.45) is 1.27. The van der Waals surface area contributed by atoms with Gasteiger partial charge in [0.25, 0.3) is 0 Å². The lowest BCUT2D eigenvalue weighted by Gasteiger charge is -2.13. The molecule has 0 spiro atoms. The molecule has 0 radical (unpaired) electrons. The summed E-state index contributed by atoms with van der Waals surface area (Å²) in [5, 5.41) is 18.8. The van der Waals surface area contributed by atoms with Gasteiger partial charge >= 0.3 is 5.97 Å². The molecule has 146 valence electrons. The number of carboxylic acids is 1. The van der Waals surface area contributed by atoms with Crippen LogP contribution in [0.15, 0.2) is 28.4 Å². The van der Waals surface area contributed by atoms with Crippen molar-refractivity contribution in [1.29, 1.82) is 0 Å². The first-order valence-corrected chi connectivity index (χ1v) is 9.47. The van der Waals surface area contributed by atoms with Gasteiger partial charge in [-0.2, -0.15) is 5.10 Å². The summed E-state index contributed by atoms with van der Waals surface area (Å²) in [7, 11) is 0. The van der Waals surface area contributed by atoms with Crippen LogP contribution in [-0.2, 0) is 9.59 Å². The summed E-state index contributed by atoms with van der Waals surface area (Å²) in [6, 6.07) is 5.45. The minimum absolute atomic E-state index is 0.255. The highest BCUT2D eigenvalue weighted by Gasteiger charge is 2.32. The third-order valence-electron chi connectivity index (χ3n) is 3.33. The molecule has 0 aliphatic carbocycles. The summed E-state index contributed by atoms with van der Waals surface area (Å²) < 4.78 is 11.4. The number of rotatable bonds is 9. The van der Waals surface area contributed by atoms with Crippen LogP contribution in [0.2, 0.25) is 0 Å². The molecule has 1 unspecified atom stereocenters. The number of nitrogens with zero attached hydrogens (tertiary/aromatic N) is 2. The second-order valence-electron chi connectivity index (χ2n) is 6.19. The van der Waals surface area contributed by atoms with Gasteiger partial charge < -0.3 is 19.9 Å². The predicted octanol–water partition coefficient (Wildman–Crippen LogP) is 2.52. The lowest BCUT2D eigenvalue weighted by atomic mass is 10.2. The van der Waals surface area contributed by atoms with Crippen LogP contribution < -0.4 is 14.8 Å². The van der Waals surface area contributed by atoms with Gasteiger partial charge in [-0.25, -0.2) is 0 Å². The molecule has 1 fully saturated rings. The first-order valence-electron chi connectivity index (χ1n) is 8.59. The monoisotopic (exact) mass is 393 g/mol. The molecule has 2 rings (SSSR count). The number of benzene rings is 1. The Bertz CT molecular complexity index is 749. The topological polar surface area (TPSA) is 110 Å². The Morgan fingerprint density at radius 2 is 2.15 bits per heavy atom. The van der Waals surface area contributed by atoms with Crippen molar-refractivity contribution in [2.24, 2.45) is 16.1 Å². The van der Waals surface area contributed by atoms with Crippen molar-refractivity contribution in [2.75, 3.05) is 13.2 Å². The van der Waals surface area contributed by atoms with Gasteiger partial charge in [-0.3, -0.25) is 9.59 Å². The third kappa shape index (κ3) is 6.59. The van der Waals surface area contributed by atoms with Crippen LogP contribution in [0.5, 0.6) is 11.5 Å². The number of nitrogens with one attached hydrogen (secondary N) is 1. The SMILES string of the molecule is CCOc1cc(C=NN=C2NC(=O)C(CC(=O)O)S2)ccc1OCC(C)C. The highest BCUT2D eigenvalue weighted by molar-refractivity contribution is 8.15. The maximum atomic E-state index is 11.7. The Morgan fingerprint density at radius 1 is 1.37 bits per heavy atom. The van der Waals surface area contributed by atoms with Crippen LogP contribution in [0, 0.1) is 5.92 Å². The predicted molar refractivity (Wildman–Crippen MR) is 105 cm³/mol. The summed E-state index contributed by atoms with van der Waals surface area (Å²) in [5.41, 5.74) is 0.760. The summed E-state index contributed by atoms with van der Waals surface area (Å²) in [5.74, 6) is 0.293. The lowest BCUT2D eigenvalue weighted by molar-refractivity contribution is -0.138. The van der Waals surface area contributed by atoms with Gasteiger partial charge in [0.2, 0.25) is 5.91 Å². The molecule has 9 heteroatoms. The highest BCUT2D eigenvalue weighted by Crippen LogP contribution is 2.28. The third-order valence-corrected chi connectivity index (χ3v) is 4.40. The number of carbonyl (C=O) groups excluding carboxylic acids is 1. The first kappa shape index (κ1) is 20.8. The van der Waals surface area contributed by atoms with Crippen molar-refractivity contribution in [2.45, 2.75) is 32.4 Å². The van der Waals surface area contributed by atoms with Crippen molar-refractivity contribution in [3.05, 3.63) is 23.8 Å². The van der Waals surface area contributed by atoms with E-state index in [4.69, 9.17) is 14.6 Å². The van der Waals surface area contributed by atoms with Crippen LogP contribution in [0.3, 0.4) is 0 Å². The molecule has 1 aromatic carbocycles. The Balaban J connectivity index is 2.05. The molecule has 0 aromatic heterocycles. The van der Waals surface area contributed by atoms with E-state index in [1.54, 1.807) is 6.07 Å². The Morgan fingerprint density at radius 3 is 2.81 bits per heavy atom. The molecule has 1 atom stereocenters. The number of amidine groups is 1. The van der Waals surface area contributed by atoms with E-state index in [-0.39, 0.29) is 17.5 Å². The number of aliphatic carboxylic acids is 1. The van der Waals surface area contributed by atoms with E-state index in [0.717, 1.165) is 17.3 Å². The summed E-state index contributed by atoms with van der Waals surface area (Å²) in [6.45, 7) is 7.14. The van der Waals surface area contributed by atoms with Crippen molar-refractivity contribution >= 4 is 35.0 Å². The van der Waals surface area contributed by atoms with E-state index in [1.165, 1.54) is 6.21 Å². The van der Waals surface area contributed by atoms with Crippen LogP contribution in [-0.4, -0.2) is 46.8 Å². The fraction of sp³-hybridized carbons (Fsp3) is 0.444. The normalized spacial score (nSPS) is 18.3. The van der Waals surface area contributed by atoms with E-state index < -0.39 is 11.2 Å². The molecule has 1 aliphatic rings. The first-order chi connectivity index (χ1) is 12.9. The average Bonchev–Trinajstić information content (AvgIpc) is 2.93. The van der Waals surface area contributed by atoms with Crippen LogP contribution >= 0.6 is 11.8 Å². The molecule has 1 saturated heterocycles. The zero-order valence-corrected chi connectivity index (χ0v) is 16.3. The van der Waals surface area contributed by atoms with E-state index in [0.29, 0.717) is 30.6 Å². The summed E-state index contributed by atoms with van der Waals surface area (Å²) in [4.78, 5) is 22.4. The van der Waals surface area contributed by atoms with Crippen molar-refractivity contribution in [3.8, 4) is 11.5 Å². The van der Waals surface area contributed by atoms with Crippen molar-refractivity contribution in [1.82, 2.24) is 5.32 Å². The van der Waals surface area contributed by atoms with E-state index >= 15 is 0 Å². The molecular formula is C18H23N3O5S. The van der Waals surface area contributed by atoms with Crippen LogP contribution in [0.4, 0.5) is 0 Å². The second kappa shape index (κ2) is 9.96. The molecule has 8 nitrogen and oxygen atoms in total. The van der Waals surface area contributed by atoms with Crippen LogP contribution in [0.1, 0.15) is 32.8 Å². The molecule has 1 amide bonds. The van der Waals surface area contributed by atoms with Gasteiger partial charge in [-0.15, -0.1) is 5.10 Å². The van der Waals surface area contributed by atoms with Gasteiger partial charge in [-0.1, -0.05) is 25.6 Å². The molecular weight excluding hydrogens is 370 g/mol. The Labute approximate surface area is 162 Å². The quantitative estimate of drug-likeness (QED) is 0.493. The van der Waals surface area contributed by atoms with Gasteiger partial charge in [0.15, 0.2) is 16.7 Å². The largest absolute Gasteiger partial charge is 0.490 e. The van der Waals surface area contributed by atoms with Crippen molar-refractivity contribution < 1.29 is 24.2 Å². The van der Waals surface area contributed by atoms with E-state index in [2.05, 4.69) is 29.4 Å². The maximum Gasteiger partial charge on any atom is 0.305 e. The molecule has 1 aromatic rings. The Kier molecular flexibility index (Phi) is 7.66. The van der Waals surface area contributed by atoms with E-state index in [9.17, 15) is 9.59 Å². The second-order valence-corrected chi connectivity index (χ2v) is 7.38. The van der Waals surface area contributed by atoms with Gasteiger partial charge in [0.05, 0.1) is 25.8 Å². The number of carboxylic acid groups (broad SMARTS) is 1. The maximum absolute atomic E-state index is 11.7. The standard InChI is InChI=1S/C18H23N3O5S/c1-4-25-14-7-12(5-6-13(14)26-10-11(2)3)9-19-21-18-20-17(24)15(27-18)8-16(22)23/h5-7,9,11,15H,4,8,10H2,1-3H3,(H,22,23)(H,20,21,24). The molecule has 0 saturated carbocycles. The van der Waals surface area contributed by atoms with Crippen LogP contribution in [0.25, 0.3) is 0 Å². The molecule has 27 heavy (non-hydrogen) atoms. The fourth-order valence-electron chi connectivity index (χ4n) is 2.14. The molecule has 1 heterocycles. The molecule has 0 bridgehead atoms. The number of ether oxygens (including phenoxy) is 2. The van der Waals surface area contributed by atoms with E-state index in [1.807, 2.05) is 19.1 Å². The number of hydrogen-bond donors (Lipinski definition) is 2. The minimum Gasteiger partial charge on any atom is -0.490 e. The Hall–Kier alpha value is -2.55. The number of amides is 1. The molecule has 1 aliphatic heterocycles. The van der Waals surface area contributed by atoms with Gasteiger partial charge in [0.1, 0.15) is 5.25 Å². The summed E-state index contributed by atoms with van der Waals surface area (Å²) >= 11 is 1.06. The fourth-order valence-corrected chi connectivity index (χ4v) is 3.06. The average molecular weight is 393 g/mol. The number of carbonyl (C=O) groups is 2. The lowest BCUT2D eigenvalue weighted by Crippen LogP contribution is -2.26. The van der Waals surface area contributed by atoms with Crippen molar-refractivity contribution in [3.63, 3.8) is 0 Å². The zero-order chi connectivity index (χ0) is 19.8.